The van der Waals surface area contributed by atoms with Crippen molar-refractivity contribution in [3.63, 3.8) is 0 Å². The van der Waals surface area contributed by atoms with Gasteiger partial charge in [-0.05, 0) is 12.1 Å². The van der Waals surface area contributed by atoms with Gasteiger partial charge in [-0.15, -0.1) is 0 Å². The van der Waals surface area contributed by atoms with Gasteiger partial charge in [0.2, 0.25) is 0 Å². The molecular weight excluding hydrogens is 257 g/mol. The summed E-state index contributed by atoms with van der Waals surface area (Å²) in [6, 6.07) is 10.5. The fourth-order valence-corrected chi connectivity index (χ4v) is 1.69. The number of nitrogens with zero attached hydrogens (tertiary/aromatic N) is 1. The van der Waals surface area contributed by atoms with Gasteiger partial charge in [-0.1, -0.05) is 40.2 Å². The zero-order valence-electron chi connectivity index (χ0n) is 7.95. The molecule has 0 atom stereocenters. The molecule has 0 spiro atoms. The van der Waals surface area contributed by atoms with Gasteiger partial charge in [0.05, 0.1) is 5.69 Å². The first-order chi connectivity index (χ1) is 7.31. The maximum absolute atomic E-state index is 13.4. The molecule has 1 aromatic heterocycles. The summed E-state index contributed by atoms with van der Waals surface area (Å²) in [5.41, 5.74) is 2.33. The molecule has 2 rings (SSSR count). The number of hydrogen-bond donors (Lipinski definition) is 0. The number of rotatable bonds is 2. The van der Waals surface area contributed by atoms with Crippen LogP contribution >= 0.6 is 15.9 Å². The number of alkyl halides is 1. The predicted octanol–water partition coefficient (Wildman–Crippen LogP) is 3.78. The molecule has 15 heavy (non-hydrogen) atoms. The summed E-state index contributed by atoms with van der Waals surface area (Å²) < 4.78 is 13.4. The molecule has 0 amide bonds. The minimum Gasteiger partial charge on any atom is -0.260 e. The lowest BCUT2D eigenvalue weighted by Crippen LogP contribution is -1.87. The van der Waals surface area contributed by atoms with Gasteiger partial charge in [-0.3, -0.25) is 4.98 Å². The number of halogens is 2. The zero-order chi connectivity index (χ0) is 10.7. The molecule has 0 fully saturated rings. The minimum absolute atomic E-state index is 0.217. The summed E-state index contributed by atoms with van der Waals surface area (Å²) in [7, 11) is 0. The van der Waals surface area contributed by atoms with Crippen molar-refractivity contribution in [1.82, 2.24) is 4.98 Å². The van der Waals surface area contributed by atoms with E-state index in [1.54, 1.807) is 18.3 Å². The van der Waals surface area contributed by atoms with Crippen molar-refractivity contribution in [2.24, 2.45) is 0 Å². The van der Waals surface area contributed by atoms with E-state index in [-0.39, 0.29) is 5.82 Å². The average Bonchev–Trinajstić information content (AvgIpc) is 2.30. The summed E-state index contributed by atoms with van der Waals surface area (Å²) in [6.45, 7) is 0. The quantitative estimate of drug-likeness (QED) is 0.754. The normalized spacial score (nSPS) is 10.3. The first kappa shape index (κ1) is 10.3. The molecule has 0 aliphatic heterocycles. The van der Waals surface area contributed by atoms with Crippen LogP contribution in [-0.2, 0) is 5.33 Å². The second-order valence-electron chi connectivity index (χ2n) is 3.15. The van der Waals surface area contributed by atoms with E-state index < -0.39 is 0 Å². The van der Waals surface area contributed by atoms with Crippen LogP contribution in [0.5, 0.6) is 0 Å². The van der Waals surface area contributed by atoms with E-state index in [1.165, 1.54) is 6.07 Å². The molecule has 2 aromatic rings. The summed E-state index contributed by atoms with van der Waals surface area (Å²) in [5.74, 6) is -0.217. The van der Waals surface area contributed by atoms with Gasteiger partial charge >= 0.3 is 0 Å². The Kier molecular flexibility index (Phi) is 3.11. The second kappa shape index (κ2) is 4.53. The van der Waals surface area contributed by atoms with E-state index in [2.05, 4.69) is 20.9 Å². The molecule has 3 heteroatoms. The summed E-state index contributed by atoms with van der Waals surface area (Å²) in [4.78, 5) is 4.20. The van der Waals surface area contributed by atoms with Crippen LogP contribution in [0.2, 0.25) is 0 Å². The van der Waals surface area contributed by atoms with E-state index in [0.717, 1.165) is 11.3 Å². The fourth-order valence-electron chi connectivity index (χ4n) is 1.36. The van der Waals surface area contributed by atoms with Crippen LogP contribution in [0.25, 0.3) is 11.1 Å². The lowest BCUT2D eigenvalue weighted by molar-refractivity contribution is 0.631. The highest BCUT2D eigenvalue weighted by Gasteiger charge is 2.03. The standard InChI is InChI=1S/C12H9BrFN/c13-7-10-6-5-9(8-15-10)11-3-1-2-4-12(11)14/h1-6,8H,7H2. The van der Waals surface area contributed by atoms with Crippen LogP contribution in [0, 0.1) is 5.82 Å². The van der Waals surface area contributed by atoms with Gasteiger partial charge in [0.1, 0.15) is 5.82 Å². The molecule has 1 aromatic carbocycles. The second-order valence-corrected chi connectivity index (χ2v) is 3.71. The number of pyridine rings is 1. The Morgan fingerprint density at radius 2 is 1.93 bits per heavy atom. The molecule has 0 radical (unpaired) electrons. The van der Waals surface area contributed by atoms with E-state index in [9.17, 15) is 4.39 Å². The molecular formula is C12H9BrFN. The summed E-state index contributed by atoms with van der Waals surface area (Å²) in [6.07, 6.45) is 1.69. The van der Waals surface area contributed by atoms with Crippen LogP contribution in [0.4, 0.5) is 4.39 Å². The predicted molar refractivity (Wildman–Crippen MR) is 62.3 cm³/mol. The van der Waals surface area contributed by atoms with Crippen molar-refractivity contribution >= 4 is 15.9 Å². The van der Waals surface area contributed by atoms with Crippen LogP contribution in [0.1, 0.15) is 5.69 Å². The highest BCUT2D eigenvalue weighted by atomic mass is 79.9. The van der Waals surface area contributed by atoms with Crippen LogP contribution in [-0.4, -0.2) is 4.98 Å². The largest absolute Gasteiger partial charge is 0.260 e. The summed E-state index contributed by atoms with van der Waals surface area (Å²) in [5, 5.41) is 0.713. The number of benzene rings is 1. The maximum atomic E-state index is 13.4. The number of aromatic nitrogens is 1. The maximum Gasteiger partial charge on any atom is 0.131 e. The van der Waals surface area contributed by atoms with Crippen molar-refractivity contribution in [1.29, 1.82) is 0 Å². The molecule has 1 nitrogen and oxygen atoms in total. The molecule has 0 saturated carbocycles. The van der Waals surface area contributed by atoms with E-state index >= 15 is 0 Å². The van der Waals surface area contributed by atoms with Gasteiger partial charge in [0.15, 0.2) is 0 Å². The Labute approximate surface area is 96.1 Å². The van der Waals surface area contributed by atoms with Crippen molar-refractivity contribution in [3.05, 3.63) is 54.1 Å². The fraction of sp³-hybridized carbons (Fsp3) is 0.0833. The smallest absolute Gasteiger partial charge is 0.131 e. The SMILES string of the molecule is Fc1ccccc1-c1ccc(CBr)nc1. The van der Waals surface area contributed by atoms with E-state index in [4.69, 9.17) is 0 Å². The molecule has 0 saturated heterocycles. The third-order valence-electron chi connectivity index (χ3n) is 2.15. The Balaban J connectivity index is 2.42. The Bertz CT molecular complexity index is 453. The molecule has 0 aliphatic carbocycles. The van der Waals surface area contributed by atoms with Crippen molar-refractivity contribution in [2.45, 2.75) is 5.33 Å². The monoisotopic (exact) mass is 265 g/mol. The molecule has 0 unspecified atom stereocenters. The van der Waals surface area contributed by atoms with Gasteiger partial charge in [0, 0.05) is 22.7 Å². The minimum atomic E-state index is -0.217. The third kappa shape index (κ3) is 2.23. The average molecular weight is 266 g/mol. The zero-order valence-corrected chi connectivity index (χ0v) is 9.54. The Morgan fingerprint density at radius 1 is 1.13 bits per heavy atom. The van der Waals surface area contributed by atoms with Crippen molar-refractivity contribution < 1.29 is 4.39 Å². The molecule has 1 heterocycles. The number of hydrogen-bond acceptors (Lipinski definition) is 1. The van der Waals surface area contributed by atoms with Gasteiger partial charge in [-0.2, -0.15) is 0 Å². The van der Waals surface area contributed by atoms with Crippen molar-refractivity contribution in [2.75, 3.05) is 0 Å². The van der Waals surface area contributed by atoms with E-state index in [1.807, 2.05) is 18.2 Å². The lowest BCUT2D eigenvalue weighted by Gasteiger charge is -2.03. The molecule has 0 bridgehead atoms. The third-order valence-corrected chi connectivity index (χ3v) is 2.72. The highest BCUT2D eigenvalue weighted by molar-refractivity contribution is 9.08. The van der Waals surface area contributed by atoms with Gasteiger partial charge < -0.3 is 0 Å². The highest BCUT2D eigenvalue weighted by Crippen LogP contribution is 2.21. The van der Waals surface area contributed by atoms with Gasteiger partial charge in [0.25, 0.3) is 0 Å². The van der Waals surface area contributed by atoms with Crippen LogP contribution in [0.15, 0.2) is 42.6 Å². The molecule has 0 N–H and O–H groups in total. The van der Waals surface area contributed by atoms with E-state index in [0.29, 0.717) is 10.9 Å². The first-order valence-corrected chi connectivity index (χ1v) is 5.69. The van der Waals surface area contributed by atoms with Crippen LogP contribution in [0.3, 0.4) is 0 Å². The van der Waals surface area contributed by atoms with Crippen LogP contribution < -0.4 is 0 Å². The Hall–Kier alpha value is -1.22. The molecule has 76 valence electrons. The van der Waals surface area contributed by atoms with Crippen molar-refractivity contribution in [3.8, 4) is 11.1 Å². The Morgan fingerprint density at radius 3 is 2.53 bits per heavy atom. The topological polar surface area (TPSA) is 12.9 Å². The summed E-state index contributed by atoms with van der Waals surface area (Å²) >= 11 is 3.32. The van der Waals surface area contributed by atoms with Gasteiger partial charge in [-0.25, -0.2) is 4.39 Å². The lowest BCUT2D eigenvalue weighted by atomic mass is 10.1. The molecule has 0 aliphatic rings. The first-order valence-electron chi connectivity index (χ1n) is 4.57.